The molecular weight excluding hydrogens is 250 g/mol. The predicted molar refractivity (Wildman–Crippen MR) is 79.1 cm³/mol. The predicted octanol–water partition coefficient (Wildman–Crippen LogP) is 2.61. The van der Waals surface area contributed by atoms with Crippen molar-refractivity contribution in [1.82, 2.24) is 0 Å². The molecule has 0 spiro atoms. The third kappa shape index (κ3) is 1.54. The number of hydrogen-bond donors (Lipinski definition) is 1. The van der Waals surface area contributed by atoms with E-state index in [4.69, 9.17) is 15.2 Å². The summed E-state index contributed by atoms with van der Waals surface area (Å²) in [6.07, 6.45) is 2.22. The molecule has 0 bridgehead atoms. The van der Waals surface area contributed by atoms with Gasteiger partial charge in [0.05, 0.1) is 25.7 Å². The third-order valence-electron chi connectivity index (χ3n) is 5.04. The van der Waals surface area contributed by atoms with E-state index >= 15 is 0 Å². The molecular formula is C17H19NO2. The summed E-state index contributed by atoms with van der Waals surface area (Å²) in [6.45, 7) is 1.51. The van der Waals surface area contributed by atoms with E-state index in [9.17, 15) is 0 Å². The summed E-state index contributed by atoms with van der Waals surface area (Å²) in [5, 5.41) is 2.43. The molecule has 3 heteroatoms. The van der Waals surface area contributed by atoms with Crippen molar-refractivity contribution in [2.75, 3.05) is 20.3 Å². The standard InChI is InChI=1S/C17H19NO2/c1-19-15-5-3-12-8-14(4-2-13(12)9-15)16(10-20-11-16)17(18)6-7-17/h2-5,8-9H,6-7,10-11,18H2,1H3. The molecule has 3 nitrogen and oxygen atoms in total. The lowest BCUT2D eigenvalue weighted by Gasteiger charge is -2.47. The first kappa shape index (κ1) is 12.2. The first-order valence-corrected chi connectivity index (χ1v) is 7.12. The molecule has 4 rings (SSSR count). The maximum Gasteiger partial charge on any atom is 0.119 e. The molecule has 1 aliphatic heterocycles. The lowest BCUT2D eigenvalue weighted by atomic mass is 9.70. The smallest absolute Gasteiger partial charge is 0.119 e. The van der Waals surface area contributed by atoms with Gasteiger partial charge in [-0.05, 0) is 41.3 Å². The average Bonchev–Trinajstić information content (AvgIpc) is 3.15. The van der Waals surface area contributed by atoms with Crippen molar-refractivity contribution in [2.24, 2.45) is 5.73 Å². The van der Waals surface area contributed by atoms with Gasteiger partial charge in [0.25, 0.3) is 0 Å². The monoisotopic (exact) mass is 269 g/mol. The van der Waals surface area contributed by atoms with Crippen LogP contribution in [0.2, 0.25) is 0 Å². The van der Waals surface area contributed by atoms with Gasteiger partial charge in [0.2, 0.25) is 0 Å². The Labute approximate surface area is 118 Å². The van der Waals surface area contributed by atoms with Crippen LogP contribution < -0.4 is 10.5 Å². The minimum Gasteiger partial charge on any atom is -0.497 e. The van der Waals surface area contributed by atoms with E-state index in [-0.39, 0.29) is 11.0 Å². The highest BCUT2D eigenvalue weighted by molar-refractivity contribution is 5.85. The van der Waals surface area contributed by atoms with Crippen molar-refractivity contribution in [3.05, 3.63) is 42.0 Å². The van der Waals surface area contributed by atoms with Gasteiger partial charge in [-0.2, -0.15) is 0 Å². The third-order valence-corrected chi connectivity index (χ3v) is 5.04. The number of benzene rings is 2. The topological polar surface area (TPSA) is 44.5 Å². The molecule has 1 aliphatic carbocycles. The summed E-state index contributed by atoms with van der Waals surface area (Å²) in [4.78, 5) is 0. The van der Waals surface area contributed by atoms with E-state index in [2.05, 4.69) is 30.3 Å². The largest absolute Gasteiger partial charge is 0.497 e. The van der Waals surface area contributed by atoms with Crippen LogP contribution in [0.4, 0.5) is 0 Å². The normalized spacial score (nSPS) is 22.3. The molecule has 1 heterocycles. The highest BCUT2D eigenvalue weighted by atomic mass is 16.5. The van der Waals surface area contributed by atoms with E-state index in [0.717, 1.165) is 31.8 Å². The number of fused-ring (bicyclic) bond motifs is 1. The fourth-order valence-electron chi connectivity index (χ4n) is 3.31. The summed E-state index contributed by atoms with van der Waals surface area (Å²) in [5.41, 5.74) is 7.81. The number of rotatable bonds is 3. The zero-order valence-electron chi connectivity index (χ0n) is 11.7. The minimum atomic E-state index is -0.0502. The van der Waals surface area contributed by atoms with Crippen LogP contribution in [0.25, 0.3) is 10.8 Å². The van der Waals surface area contributed by atoms with Crippen LogP contribution >= 0.6 is 0 Å². The summed E-state index contributed by atoms with van der Waals surface area (Å²) in [5.74, 6) is 0.893. The maximum absolute atomic E-state index is 6.51. The fraction of sp³-hybridized carbons (Fsp3) is 0.412. The van der Waals surface area contributed by atoms with Crippen molar-refractivity contribution < 1.29 is 9.47 Å². The van der Waals surface area contributed by atoms with Gasteiger partial charge in [0, 0.05) is 5.54 Å². The Bertz CT molecular complexity index is 672. The second-order valence-corrected chi connectivity index (χ2v) is 6.16. The lowest BCUT2D eigenvalue weighted by molar-refractivity contribution is -0.0785. The van der Waals surface area contributed by atoms with Crippen LogP contribution in [-0.2, 0) is 10.2 Å². The van der Waals surface area contributed by atoms with Crippen LogP contribution in [0, 0.1) is 0 Å². The molecule has 1 saturated heterocycles. The molecule has 0 atom stereocenters. The van der Waals surface area contributed by atoms with Gasteiger partial charge >= 0.3 is 0 Å². The summed E-state index contributed by atoms with van der Waals surface area (Å²) < 4.78 is 10.8. The Kier molecular flexibility index (Phi) is 2.41. The first-order valence-electron chi connectivity index (χ1n) is 7.12. The van der Waals surface area contributed by atoms with E-state index in [1.807, 2.05) is 6.07 Å². The number of nitrogens with two attached hydrogens (primary N) is 1. The highest BCUT2D eigenvalue weighted by Crippen LogP contribution is 2.53. The second-order valence-electron chi connectivity index (χ2n) is 6.16. The van der Waals surface area contributed by atoms with Crippen molar-refractivity contribution in [1.29, 1.82) is 0 Å². The van der Waals surface area contributed by atoms with Crippen molar-refractivity contribution in [2.45, 2.75) is 23.8 Å². The van der Waals surface area contributed by atoms with Crippen LogP contribution in [0.3, 0.4) is 0 Å². The number of hydrogen-bond acceptors (Lipinski definition) is 3. The summed E-state index contributed by atoms with van der Waals surface area (Å²) in [7, 11) is 1.70. The van der Waals surface area contributed by atoms with Crippen LogP contribution in [0.15, 0.2) is 36.4 Å². The molecule has 1 saturated carbocycles. The molecule has 2 aromatic rings. The molecule has 2 N–H and O–H groups in total. The molecule has 0 amide bonds. The molecule has 2 fully saturated rings. The van der Waals surface area contributed by atoms with Crippen LogP contribution in [0.1, 0.15) is 18.4 Å². The van der Waals surface area contributed by atoms with E-state index in [0.29, 0.717) is 0 Å². The van der Waals surface area contributed by atoms with Gasteiger partial charge in [0.1, 0.15) is 5.75 Å². The van der Waals surface area contributed by atoms with E-state index < -0.39 is 0 Å². The Hall–Kier alpha value is -1.58. The van der Waals surface area contributed by atoms with E-state index in [1.165, 1.54) is 16.3 Å². The van der Waals surface area contributed by atoms with Crippen molar-refractivity contribution in [3.63, 3.8) is 0 Å². The van der Waals surface area contributed by atoms with Crippen LogP contribution in [0.5, 0.6) is 5.75 Å². The maximum atomic E-state index is 6.51. The quantitative estimate of drug-likeness (QED) is 0.931. The average molecular weight is 269 g/mol. The highest BCUT2D eigenvalue weighted by Gasteiger charge is 2.61. The molecule has 20 heavy (non-hydrogen) atoms. The van der Waals surface area contributed by atoms with Gasteiger partial charge in [0.15, 0.2) is 0 Å². The Morgan fingerprint density at radius 1 is 1.05 bits per heavy atom. The minimum absolute atomic E-state index is 0.0289. The molecule has 0 unspecified atom stereocenters. The lowest BCUT2D eigenvalue weighted by Crippen LogP contribution is -2.60. The molecule has 2 aliphatic rings. The Morgan fingerprint density at radius 2 is 1.75 bits per heavy atom. The summed E-state index contributed by atoms with van der Waals surface area (Å²) >= 11 is 0. The first-order chi connectivity index (χ1) is 9.67. The zero-order valence-corrected chi connectivity index (χ0v) is 11.7. The number of ether oxygens (including phenoxy) is 2. The van der Waals surface area contributed by atoms with Crippen molar-refractivity contribution >= 4 is 10.8 Å². The second kappa shape index (κ2) is 3.96. The fourth-order valence-corrected chi connectivity index (χ4v) is 3.31. The Balaban J connectivity index is 1.81. The van der Waals surface area contributed by atoms with Gasteiger partial charge < -0.3 is 15.2 Å². The molecule has 2 aromatic carbocycles. The zero-order chi connectivity index (χ0) is 13.8. The SMILES string of the molecule is COc1ccc2cc(C3(C4(N)CC4)COC3)ccc2c1. The number of methoxy groups -OCH3 is 1. The molecule has 104 valence electrons. The van der Waals surface area contributed by atoms with E-state index in [1.54, 1.807) is 7.11 Å². The van der Waals surface area contributed by atoms with Gasteiger partial charge in [-0.1, -0.05) is 24.3 Å². The summed E-state index contributed by atoms with van der Waals surface area (Å²) in [6, 6.07) is 12.8. The molecule has 0 radical (unpaired) electrons. The van der Waals surface area contributed by atoms with Gasteiger partial charge in [-0.25, -0.2) is 0 Å². The van der Waals surface area contributed by atoms with Crippen molar-refractivity contribution in [3.8, 4) is 5.75 Å². The van der Waals surface area contributed by atoms with Crippen LogP contribution in [-0.4, -0.2) is 25.9 Å². The van der Waals surface area contributed by atoms with Gasteiger partial charge in [-0.15, -0.1) is 0 Å². The molecule has 0 aromatic heterocycles. The van der Waals surface area contributed by atoms with Gasteiger partial charge in [-0.3, -0.25) is 0 Å². The Morgan fingerprint density at radius 3 is 2.35 bits per heavy atom.